The van der Waals surface area contributed by atoms with E-state index in [0.29, 0.717) is 10.7 Å². The molecule has 0 aliphatic carbocycles. The molecule has 1 N–H and O–H groups in total. The lowest BCUT2D eigenvalue weighted by atomic mass is 10.2. The van der Waals surface area contributed by atoms with Crippen molar-refractivity contribution in [1.29, 1.82) is 0 Å². The summed E-state index contributed by atoms with van der Waals surface area (Å²) in [5, 5.41) is 3.03. The molecule has 1 atom stereocenters. The topological polar surface area (TPSA) is 55.4 Å². The molecule has 2 aromatic carbocycles. The van der Waals surface area contributed by atoms with E-state index < -0.39 is 18.0 Å². The van der Waals surface area contributed by atoms with Gasteiger partial charge in [0.25, 0.3) is 5.91 Å². The number of rotatable bonds is 5. The molecule has 0 fully saturated rings. The van der Waals surface area contributed by atoms with Crippen LogP contribution in [0.3, 0.4) is 0 Å². The highest BCUT2D eigenvalue weighted by molar-refractivity contribution is 9.10. The third kappa shape index (κ3) is 5.51. The van der Waals surface area contributed by atoms with E-state index in [1.165, 1.54) is 13.0 Å². The Kier molecular flexibility index (Phi) is 6.58. The van der Waals surface area contributed by atoms with Crippen LogP contribution in [0.2, 0.25) is 5.02 Å². The first kappa shape index (κ1) is 18.2. The fraction of sp³-hybridized carbons (Fsp3) is 0.111. The molecular formula is C18H15BrClNO3. The zero-order chi connectivity index (χ0) is 17.5. The third-order valence-corrected chi connectivity index (χ3v) is 3.88. The first-order chi connectivity index (χ1) is 11.5. The summed E-state index contributed by atoms with van der Waals surface area (Å²) in [6.07, 6.45) is 1.95. The summed E-state index contributed by atoms with van der Waals surface area (Å²) >= 11 is 9.32. The van der Waals surface area contributed by atoms with Crippen molar-refractivity contribution in [2.75, 3.05) is 5.32 Å². The third-order valence-electron chi connectivity index (χ3n) is 3.05. The standard InChI is InChI=1S/C18H15BrClNO3/c1-12(18(23)21-16-8-3-2-7-15(16)20)24-17(22)10-9-13-5-4-6-14(19)11-13/h2-12H,1H3,(H,21,23)/b10-9+/t12-/m1/s1. The van der Waals surface area contributed by atoms with Crippen molar-refractivity contribution in [3.63, 3.8) is 0 Å². The van der Waals surface area contributed by atoms with Gasteiger partial charge >= 0.3 is 5.97 Å². The lowest BCUT2D eigenvalue weighted by Gasteiger charge is -2.13. The van der Waals surface area contributed by atoms with Crippen LogP contribution in [0.4, 0.5) is 5.69 Å². The largest absolute Gasteiger partial charge is 0.449 e. The average Bonchev–Trinajstić information content (AvgIpc) is 2.55. The fourth-order valence-corrected chi connectivity index (χ4v) is 2.44. The molecular weight excluding hydrogens is 394 g/mol. The van der Waals surface area contributed by atoms with Crippen molar-refractivity contribution in [3.8, 4) is 0 Å². The van der Waals surface area contributed by atoms with E-state index in [0.717, 1.165) is 10.0 Å². The number of hydrogen-bond donors (Lipinski definition) is 1. The Balaban J connectivity index is 1.91. The van der Waals surface area contributed by atoms with Crippen LogP contribution in [0, 0.1) is 0 Å². The molecule has 6 heteroatoms. The summed E-state index contributed by atoms with van der Waals surface area (Å²) in [6, 6.07) is 14.3. The van der Waals surface area contributed by atoms with Gasteiger partial charge in [0.15, 0.2) is 6.10 Å². The summed E-state index contributed by atoms with van der Waals surface area (Å²) in [4.78, 5) is 23.9. The fourth-order valence-electron chi connectivity index (χ4n) is 1.84. The molecule has 0 heterocycles. The molecule has 0 spiro atoms. The zero-order valence-corrected chi connectivity index (χ0v) is 15.2. The lowest BCUT2D eigenvalue weighted by molar-refractivity contribution is -0.148. The Labute approximate surface area is 153 Å². The first-order valence-electron chi connectivity index (χ1n) is 7.15. The number of halogens is 2. The predicted octanol–water partition coefficient (Wildman–Crippen LogP) is 4.69. The minimum Gasteiger partial charge on any atom is -0.449 e. The van der Waals surface area contributed by atoms with Gasteiger partial charge in [0.1, 0.15) is 0 Å². The number of esters is 1. The second-order valence-corrected chi connectivity index (χ2v) is 6.26. The molecule has 0 aromatic heterocycles. The lowest BCUT2D eigenvalue weighted by Crippen LogP contribution is -2.29. The number of carbonyl (C=O) groups is 2. The van der Waals surface area contributed by atoms with Gasteiger partial charge in [-0.05, 0) is 42.8 Å². The van der Waals surface area contributed by atoms with Gasteiger partial charge in [0.2, 0.25) is 0 Å². The van der Waals surface area contributed by atoms with Gasteiger partial charge in [-0.2, -0.15) is 0 Å². The van der Waals surface area contributed by atoms with E-state index in [1.54, 1.807) is 30.3 Å². The van der Waals surface area contributed by atoms with E-state index in [2.05, 4.69) is 21.2 Å². The Morgan fingerprint density at radius 2 is 1.96 bits per heavy atom. The minimum atomic E-state index is -0.944. The molecule has 0 aliphatic heterocycles. The molecule has 0 saturated heterocycles. The molecule has 2 aromatic rings. The van der Waals surface area contributed by atoms with Gasteiger partial charge < -0.3 is 10.1 Å². The monoisotopic (exact) mass is 407 g/mol. The minimum absolute atomic E-state index is 0.416. The maximum atomic E-state index is 12.0. The Morgan fingerprint density at radius 3 is 2.67 bits per heavy atom. The highest BCUT2D eigenvalue weighted by Gasteiger charge is 2.17. The van der Waals surface area contributed by atoms with Gasteiger partial charge in [0, 0.05) is 10.5 Å². The van der Waals surface area contributed by atoms with Crippen LogP contribution < -0.4 is 5.32 Å². The molecule has 124 valence electrons. The summed E-state index contributed by atoms with van der Waals surface area (Å²) < 4.78 is 5.99. The van der Waals surface area contributed by atoms with Crippen LogP contribution in [-0.4, -0.2) is 18.0 Å². The number of para-hydroxylation sites is 1. The molecule has 0 aliphatic rings. The normalized spacial score (nSPS) is 12.0. The van der Waals surface area contributed by atoms with Crippen molar-refractivity contribution >= 4 is 51.2 Å². The molecule has 4 nitrogen and oxygen atoms in total. The van der Waals surface area contributed by atoms with Gasteiger partial charge in [-0.3, -0.25) is 4.79 Å². The smallest absolute Gasteiger partial charge is 0.331 e. The number of nitrogens with one attached hydrogen (secondary N) is 1. The van der Waals surface area contributed by atoms with Crippen molar-refractivity contribution in [2.45, 2.75) is 13.0 Å². The second-order valence-electron chi connectivity index (χ2n) is 4.94. The van der Waals surface area contributed by atoms with E-state index in [4.69, 9.17) is 16.3 Å². The van der Waals surface area contributed by atoms with Crippen LogP contribution >= 0.6 is 27.5 Å². The summed E-state index contributed by atoms with van der Waals surface area (Å²) in [5.74, 6) is -1.05. The summed E-state index contributed by atoms with van der Waals surface area (Å²) in [6.45, 7) is 1.50. The van der Waals surface area contributed by atoms with Crippen LogP contribution in [0.1, 0.15) is 12.5 Å². The van der Waals surface area contributed by atoms with E-state index in [-0.39, 0.29) is 0 Å². The number of anilines is 1. The number of benzene rings is 2. The maximum Gasteiger partial charge on any atom is 0.331 e. The Morgan fingerprint density at radius 1 is 1.21 bits per heavy atom. The Hall–Kier alpha value is -2.11. The molecule has 0 bridgehead atoms. The number of carbonyl (C=O) groups excluding carboxylic acids is 2. The first-order valence-corrected chi connectivity index (χ1v) is 8.32. The van der Waals surface area contributed by atoms with Crippen molar-refractivity contribution in [3.05, 3.63) is 69.7 Å². The van der Waals surface area contributed by atoms with E-state index in [1.807, 2.05) is 24.3 Å². The highest BCUT2D eigenvalue weighted by atomic mass is 79.9. The van der Waals surface area contributed by atoms with Gasteiger partial charge in [-0.15, -0.1) is 0 Å². The van der Waals surface area contributed by atoms with Crippen LogP contribution in [-0.2, 0) is 14.3 Å². The molecule has 2 rings (SSSR count). The highest BCUT2D eigenvalue weighted by Crippen LogP contribution is 2.20. The van der Waals surface area contributed by atoms with Gasteiger partial charge in [0.05, 0.1) is 10.7 Å². The van der Waals surface area contributed by atoms with Crippen molar-refractivity contribution in [1.82, 2.24) is 0 Å². The van der Waals surface area contributed by atoms with Gasteiger partial charge in [-0.25, -0.2) is 4.79 Å². The number of amides is 1. The van der Waals surface area contributed by atoms with Crippen LogP contribution in [0.15, 0.2) is 59.1 Å². The zero-order valence-electron chi connectivity index (χ0n) is 12.8. The van der Waals surface area contributed by atoms with Gasteiger partial charge in [-0.1, -0.05) is 51.8 Å². The molecule has 1 amide bonds. The molecule has 0 radical (unpaired) electrons. The summed E-state index contributed by atoms with van der Waals surface area (Å²) in [7, 11) is 0. The second kappa shape index (κ2) is 8.66. The van der Waals surface area contributed by atoms with E-state index in [9.17, 15) is 9.59 Å². The van der Waals surface area contributed by atoms with Crippen molar-refractivity contribution < 1.29 is 14.3 Å². The molecule has 24 heavy (non-hydrogen) atoms. The van der Waals surface area contributed by atoms with Crippen LogP contribution in [0.5, 0.6) is 0 Å². The molecule has 0 saturated carbocycles. The van der Waals surface area contributed by atoms with Crippen LogP contribution in [0.25, 0.3) is 6.08 Å². The maximum absolute atomic E-state index is 12.0. The number of hydrogen-bond acceptors (Lipinski definition) is 3. The van der Waals surface area contributed by atoms with Crippen molar-refractivity contribution in [2.24, 2.45) is 0 Å². The average molecular weight is 409 g/mol. The summed E-state index contributed by atoms with van der Waals surface area (Å²) in [5.41, 5.74) is 1.31. The number of ether oxygens (including phenoxy) is 1. The van der Waals surface area contributed by atoms with E-state index >= 15 is 0 Å². The molecule has 0 unspecified atom stereocenters. The Bertz CT molecular complexity index is 776. The predicted molar refractivity (Wildman–Crippen MR) is 98.8 cm³/mol. The SMILES string of the molecule is C[C@@H](OC(=O)/C=C/c1cccc(Br)c1)C(=O)Nc1ccccc1Cl. The quantitative estimate of drug-likeness (QED) is 0.577.